The van der Waals surface area contributed by atoms with Crippen LogP contribution in [-0.4, -0.2) is 24.2 Å². The van der Waals surface area contributed by atoms with Crippen LogP contribution in [0.5, 0.6) is 0 Å². The van der Waals surface area contributed by atoms with Gasteiger partial charge in [-0.2, -0.15) is 4.99 Å². The van der Waals surface area contributed by atoms with Crippen molar-refractivity contribution in [2.45, 2.75) is 25.4 Å². The van der Waals surface area contributed by atoms with E-state index in [1.165, 1.54) is 12.2 Å². The Bertz CT molecular complexity index is 299. The van der Waals surface area contributed by atoms with Crippen LogP contribution >= 0.6 is 0 Å². The smallest absolute Gasteiger partial charge is 0.211 e. The van der Waals surface area contributed by atoms with Crippen molar-refractivity contribution in [3.8, 4) is 0 Å². The molecule has 3 atom stereocenters. The fraction of sp³-hybridized carbons (Fsp3) is 0.556. The molecule has 0 saturated carbocycles. The minimum atomic E-state index is -0.184. The summed E-state index contributed by atoms with van der Waals surface area (Å²) in [4.78, 5) is 27.3. The summed E-state index contributed by atoms with van der Waals surface area (Å²) >= 11 is 0. The van der Waals surface area contributed by atoms with E-state index in [4.69, 9.17) is 0 Å². The Morgan fingerprint density at radius 1 is 1.23 bits per heavy atom. The molecule has 3 unspecified atom stereocenters. The van der Waals surface area contributed by atoms with Crippen LogP contribution < -0.4 is 0 Å². The van der Waals surface area contributed by atoms with Gasteiger partial charge in [-0.1, -0.05) is 19.1 Å². The molecule has 0 radical (unpaired) electrons. The summed E-state index contributed by atoms with van der Waals surface area (Å²) in [6, 6.07) is -0.291. The van der Waals surface area contributed by atoms with Crippen molar-refractivity contribution in [2.24, 2.45) is 15.9 Å². The molecule has 0 aromatic carbocycles. The van der Waals surface area contributed by atoms with Crippen molar-refractivity contribution < 1.29 is 9.59 Å². The lowest BCUT2D eigenvalue weighted by Gasteiger charge is -2.22. The van der Waals surface area contributed by atoms with Crippen LogP contribution in [0.3, 0.4) is 0 Å². The molecule has 0 saturated heterocycles. The van der Waals surface area contributed by atoms with Crippen molar-refractivity contribution >= 4 is 12.2 Å². The lowest BCUT2D eigenvalue weighted by atomic mass is 9.90. The molecular weight excluding hydrogens is 168 g/mol. The molecule has 0 amide bonds. The number of isocyanates is 2. The average molecular weight is 178 g/mol. The van der Waals surface area contributed by atoms with Crippen LogP contribution in [-0.2, 0) is 9.59 Å². The highest BCUT2D eigenvalue weighted by Crippen LogP contribution is 2.22. The van der Waals surface area contributed by atoms with Gasteiger partial charge in [-0.05, 0) is 12.3 Å². The van der Waals surface area contributed by atoms with Crippen molar-refractivity contribution in [3.63, 3.8) is 0 Å². The molecule has 13 heavy (non-hydrogen) atoms. The highest BCUT2D eigenvalue weighted by atomic mass is 16.1. The molecule has 1 aliphatic carbocycles. The van der Waals surface area contributed by atoms with Gasteiger partial charge in [-0.25, -0.2) is 14.6 Å². The summed E-state index contributed by atoms with van der Waals surface area (Å²) in [6.45, 7) is 1.96. The molecule has 0 bridgehead atoms. The molecule has 0 heterocycles. The summed E-state index contributed by atoms with van der Waals surface area (Å²) in [5, 5.41) is 0. The summed E-state index contributed by atoms with van der Waals surface area (Å²) in [5.41, 5.74) is 0. The van der Waals surface area contributed by atoms with Crippen molar-refractivity contribution in [1.29, 1.82) is 0 Å². The van der Waals surface area contributed by atoms with Gasteiger partial charge in [0, 0.05) is 0 Å². The third kappa shape index (κ3) is 2.48. The van der Waals surface area contributed by atoms with E-state index < -0.39 is 0 Å². The molecule has 1 rings (SSSR count). The van der Waals surface area contributed by atoms with Gasteiger partial charge in [0.15, 0.2) is 0 Å². The number of carbonyl (C=O) groups excluding carboxylic acids is 2. The lowest BCUT2D eigenvalue weighted by molar-refractivity contribution is 0.454. The first kappa shape index (κ1) is 9.59. The van der Waals surface area contributed by atoms with Crippen LogP contribution in [0.25, 0.3) is 0 Å². The molecule has 4 heteroatoms. The highest BCUT2D eigenvalue weighted by molar-refractivity contribution is 5.36. The quantitative estimate of drug-likeness (QED) is 0.359. The third-order valence-electron chi connectivity index (χ3n) is 2.16. The molecule has 1 aliphatic rings. The second-order valence-corrected chi connectivity index (χ2v) is 3.06. The predicted molar refractivity (Wildman–Crippen MR) is 46.7 cm³/mol. The van der Waals surface area contributed by atoms with Crippen LogP contribution in [0.15, 0.2) is 22.1 Å². The van der Waals surface area contributed by atoms with Gasteiger partial charge in [0.1, 0.15) is 0 Å². The van der Waals surface area contributed by atoms with Crippen molar-refractivity contribution in [2.75, 3.05) is 0 Å². The first-order valence-corrected chi connectivity index (χ1v) is 4.10. The number of hydrogen-bond acceptors (Lipinski definition) is 4. The van der Waals surface area contributed by atoms with E-state index in [-0.39, 0.29) is 18.0 Å². The summed E-state index contributed by atoms with van der Waals surface area (Å²) in [5.74, 6) is 0.208. The fourth-order valence-corrected chi connectivity index (χ4v) is 1.37. The zero-order chi connectivity index (χ0) is 9.68. The molecule has 0 fully saturated rings. The molecular formula is C9H10N2O2. The Morgan fingerprint density at radius 3 is 2.54 bits per heavy atom. The number of hydrogen-bond donors (Lipinski definition) is 0. The van der Waals surface area contributed by atoms with Crippen LogP contribution in [0.2, 0.25) is 0 Å². The Kier molecular flexibility index (Phi) is 3.32. The Morgan fingerprint density at radius 2 is 1.92 bits per heavy atom. The first-order valence-electron chi connectivity index (χ1n) is 4.10. The average Bonchev–Trinajstić information content (AvgIpc) is 2.12. The van der Waals surface area contributed by atoms with Gasteiger partial charge < -0.3 is 0 Å². The van der Waals surface area contributed by atoms with Crippen LogP contribution in [0, 0.1) is 5.92 Å². The molecule has 0 aliphatic heterocycles. The molecule has 68 valence electrons. The first-order chi connectivity index (χ1) is 6.27. The zero-order valence-corrected chi connectivity index (χ0v) is 7.30. The summed E-state index contributed by atoms with van der Waals surface area (Å²) in [7, 11) is 0. The molecule has 0 spiro atoms. The number of nitrogens with zero attached hydrogens (tertiary/aromatic N) is 2. The van der Waals surface area contributed by atoms with Gasteiger partial charge in [0.25, 0.3) is 0 Å². The van der Waals surface area contributed by atoms with E-state index in [9.17, 15) is 9.59 Å². The van der Waals surface area contributed by atoms with Crippen molar-refractivity contribution in [3.05, 3.63) is 12.2 Å². The second-order valence-electron chi connectivity index (χ2n) is 3.06. The topological polar surface area (TPSA) is 58.9 Å². The Balaban J connectivity index is 2.75. The van der Waals surface area contributed by atoms with Gasteiger partial charge >= 0.3 is 0 Å². The van der Waals surface area contributed by atoms with E-state index in [2.05, 4.69) is 9.98 Å². The van der Waals surface area contributed by atoms with Gasteiger partial charge in [-0.3, -0.25) is 0 Å². The maximum atomic E-state index is 10.1. The van der Waals surface area contributed by atoms with Crippen molar-refractivity contribution in [1.82, 2.24) is 0 Å². The molecule has 0 aromatic heterocycles. The zero-order valence-electron chi connectivity index (χ0n) is 7.30. The summed E-state index contributed by atoms with van der Waals surface area (Å²) in [6.07, 6.45) is 7.36. The summed E-state index contributed by atoms with van der Waals surface area (Å²) < 4.78 is 0. The van der Waals surface area contributed by atoms with E-state index >= 15 is 0 Å². The Hall–Kier alpha value is -1.50. The largest absolute Gasteiger partial charge is 0.235 e. The Labute approximate surface area is 76.1 Å². The van der Waals surface area contributed by atoms with E-state index in [1.807, 2.05) is 19.1 Å². The number of aliphatic imine (C=N–C) groups is 2. The van der Waals surface area contributed by atoms with E-state index in [0.29, 0.717) is 6.42 Å². The van der Waals surface area contributed by atoms with Gasteiger partial charge in [0.2, 0.25) is 12.2 Å². The highest BCUT2D eigenvalue weighted by Gasteiger charge is 2.22. The van der Waals surface area contributed by atoms with Gasteiger partial charge in [-0.15, -0.1) is 0 Å². The molecule has 0 aromatic rings. The molecule has 0 N–H and O–H groups in total. The monoisotopic (exact) mass is 178 g/mol. The third-order valence-corrected chi connectivity index (χ3v) is 2.16. The normalized spacial score (nSPS) is 31.6. The van der Waals surface area contributed by atoms with Crippen LogP contribution in [0.1, 0.15) is 13.3 Å². The van der Waals surface area contributed by atoms with Gasteiger partial charge in [0.05, 0.1) is 12.1 Å². The van der Waals surface area contributed by atoms with E-state index in [0.717, 1.165) is 0 Å². The standard InChI is InChI=1S/C9H10N2O2/c1-7-2-3-8(10-5-12)4-9(7)11-6-13/h2-3,7-9H,4H2,1H3. The minimum Gasteiger partial charge on any atom is -0.211 e. The predicted octanol–water partition coefficient (Wildman–Crippen LogP) is 0.991. The SMILES string of the molecule is CC1C=CC(N=C=O)CC1N=C=O. The lowest BCUT2D eigenvalue weighted by Crippen LogP contribution is -2.23. The minimum absolute atomic E-state index is 0.107. The fourth-order valence-electron chi connectivity index (χ4n) is 1.37. The maximum Gasteiger partial charge on any atom is 0.235 e. The van der Waals surface area contributed by atoms with E-state index in [1.54, 1.807) is 0 Å². The van der Waals surface area contributed by atoms with Crippen LogP contribution in [0.4, 0.5) is 0 Å². The molecule has 4 nitrogen and oxygen atoms in total. The second kappa shape index (κ2) is 4.51. The number of rotatable bonds is 2. The maximum absolute atomic E-state index is 10.1.